The number of aryl methyl sites for hydroxylation is 1. The maximum absolute atomic E-state index is 13.2. The van der Waals surface area contributed by atoms with Gasteiger partial charge in [-0.05, 0) is 38.5 Å². The monoisotopic (exact) mass is 324 g/mol. The fourth-order valence-corrected chi connectivity index (χ4v) is 2.63. The number of carbonyl (C=O) groups excluding carboxylic acids is 1. The van der Waals surface area contributed by atoms with Crippen LogP contribution in [0.1, 0.15) is 35.5 Å². The van der Waals surface area contributed by atoms with Gasteiger partial charge in [0.15, 0.2) is 0 Å². The number of carbonyl (C=O) groups is 1. The number of ketones is 1. The Balaban J connectivity index is 2.20. The topological polar surface area (TPSA) is 79.9 Å². The van der Waals surface area contributed by atoms with Crippen LogP contribution >= 0.6 is 0 Å². The molecule has 0 aromatic carbocycles. The number of H-pyrrole nitrogens is 1. The average molecular weight is 324 g/mol. The fourth-order valence-electron chi connectivity index (χ4n) is 2.63. The minimum atomic E-state index is -0.193. The number of nitrogens with one attached hydrogen (secondary N) is 2. The summed E-state index contributed by atoms with van der Waals surface area (Å²) in [7, 11) is 1.77. The summed E-state index contributed by atoms with van der Waals surface area (Å²) in [5, 5.41) is 3.77. The summed E-state index contributed by atoms with van der Waals surface area (Å²) >= 11 is 0. The van der Waals surface area contributed by atoms with Crippen molar-refractivity contribution in [3.05, 3.63) is 47.5 Å². The van der Waals surface area contributed by atoms with Crippen molar-refractivity contribution in [1.82, 2.24) is 15.0 Å². The molecule has 0 aliphatic rings. The van der Waals surface area contributed by atoms with Crippen LogP contribution in [0.25, 0.3) is 11.0 Å². The summed E-state index contributed by atoms with van der Waals surface area (Å²) in [6.07, 6.45) is 4.96. The van der Waals surface area contributed by atoms with Crippen molar-refractivity contribution in [2.24, 2.45) is 0 Å². The summed E-state index contributed by atoms with van der Waals surface area (Å²) in [5.74, 6) is 0.272. The van der Waals surface area contributed by atoms with Crippen LogP contribution in [0, 0.1) is 6.92 Å². The van der Waals surface area contributed by atoms with Gasteiger partial charge in [0, 0.05) is 24.8 Å². The van der Waals surface area contributed by atoms with E-state index in [-0.39, 0.29) is 11.9 Å². The maximum Gasteiger partial charge on any atom is 0.218 e. The first-order chi connectivity index (χ1) is 11.5. The minimum Gasteiger partial charge on any atom is -0.489 e. The first-order valence-corrected chi connectivity index (χ1v) is 7.83. The molecule has 0 fully saturated rings. The zero-order chi connectivity index (χ0) is 17.3. The molecular formula is C18H20N4O2. The van der Waals surface area contributed by atoms with Gasteiger partial charge in [0.1, 0.15) is 17.1 Å². The number of nitrogens with zero attached hydrogens (tertiary/aromatic N) is 2. The summed E-state index contributed by atoms with van der Waals surface area (Å²) in [6.45, 7) is 5.77. The van der Waals surface area contributed by atoms with Crippen LogP contribution in [0.15, 0.2) is 30.7 Å². The van der Waals surface area contributed by atoms with Crippen LogP contribution < -0.4 is 10.1 Å². The van der Waals surface area contributed by atoms with Gasteiger partial charge < -0.3 is 15.0 Å². The number of pyridine rings is 2. The van der Waals surface area contributed by atoms with Crippen molar-refractivity contribution in [2.75, 3.05) is 12.4 Å². The van der Waals surface area contributed by atoms with E-state index < -0.39 is 0 Å². The second-order valence-electron chi connectivity index (χ2n) is 5.89. The van der Waals surface area contributed by atoms with Crippen LogP contribution in [0.3, 0.4) is 0 Å². The van der Waals surface area contributed by atoms with E-state index in [0.29, 0.717) is 28.3 Å². The van der Waals surface area contributed by atoms with Gasteiger partial charge >= 0.3 is 0 Å². The molecule has 6 nitrogen and oxygen atoms in total. The molecule has 0 bridgehead atoms. The Morgan fingerprint density at radius 2 is 2.08 bits per heavy atom. The first kappa shape index (κ1) is 16.0. The quantitative estimate of drug-likeness (QED) is 0.704. The van der Waals surface area contributed by atoms with Gasteiger partial charge in [-0.25, -0.2) is 4.98 Å². The zero-order valence-corrected chi connectivity index (χ0v) is 14.2. The van der Waals surface area contributed by atoms with E-state index in [1.165, 1.54) is 0 Å². The predicted molar refractivity (Wildman–Crippen MR) is 93.8 cm³/mol. The molecule has 0 aliphatic carbocycles. The molecule has 0 aliphatic heterocycles. The van der Waals surface area contributed by atoms with E-state index in [9.17, 15) is 4.79 Å². The average Bonchev–Trinajstić information content (AvgIpc) is 3.02. The molecule has 0 spiro atoms. The molecule has 2 N–H and O–H groups in total. The summed E-state index contributed by atoms with van der Waals surface area (Å²) in [6, 6.07) is 3.73. The predicted octanol–water partition coefficient (Wildman–Crippen LogP) is 3.33. The number of anilines is 1. The normalized spacial score (nSPS) is 11.0. The van der Waals surface area contributed by atoms with E-state index >= 15 is 0 Å². The molecule has 3 rings (SSSR count). The van der Waals surface area contributed by atoms with E-state index in [0.717, 1.165) is 10.9 Å². The molecule has 3 aromatic rings. The van der Waals surface area contributed by atoms with Crippen LogP contribution in [0.5, 0.6) is 5.75 Å². The van der Waals surface area contributed by atoms with Crippen molar-refractivity contribution in [1.29, 1.82) is 0 Å². The number of hydrogen-bond donors (Lipinski definition) is 2. The second-order valence-corrected chi connectivity index (χ2v) is 5.89. The Hall–Kier alpha value is -2.89. The third-order valence-corrected chi connectivity index (χ3v) is 3.65. The van der Waals surface area contributed by atoms with Gasteiger partial charge in [-0.3, -0.25) is 9.78 Å². The number of ether oxygens (including phenoxy) is 1. The first-order valence-electron chi connectivity index (χ1n) is 7.83. The maximum atomic E-state index is 13.2. The van der Waals surface area contributed by atoms with Gasteiger partial charge in [-0.2, -0.15) is 0 Å². The van der Waals surface area contributed by atoms with Crippen LogP contribution in [-0.4, -0.2) is 33.9 Å². The molecular weight excluding hydrogens is 304 g/mol. The van der Waals surface area contributed by atoms with E-state index in [2.05, 4.69) is 20.3 Å². The van der Waals surface area contributed by atoms with Gasteiger partial charge in [0.25, 0.3) is 0 Å². The standard InChI is InChI=1S/C18H20N4O2/c1-10(2)24-14-9-22-18-12(5-6-20-18)15(14)17(23)16-13(19-4)7-11(3)8-21-16/h5-10,19H,1-4H3,(H,20,22). The van der Waals surface area contributed by atoms with Gasteiger partial charge in [0.2, 0.25) is 5.78 Å². The summed E-state index contributed by atoms with van der Waals surface area (Å²) < 4.78 is 5.82. The minimum absolute atomic E-state index is 0.0653. The summed E-state index contributed by atoms with van der Waals surface area (Å²) in [4.78, 5) is 24.9. The lowest BCUT2D eigenvalue weighted by molar-refractivity contribution is 0.103. The lowest BCUT2D eigenvalue weighted by Gasteiger charge is -2.15. The van der Waals surface area contributed by atoms with Crippen molar-refractivity contribution in [3.63, 3.8) is 0 Å². The van der Waals surface area contributed by atoms with E-state index in [1.807, 2.05) is 32.9 Å². The third kappa shape index (κ3) is 2.82. The summed E-state index contributed by atoms with van der Waals surface area (Å²) in [5.41, 5.74) is 3.16. The Labute approximate surface area is 140 Å². The highest BCUT2D eigenvalue weighted by Gasteiger charge is 2.23. The van der Waals surface area contributed by atoms with E-state index in [1.54, 1.807) is 25.6 Å². The molecule has 0 atom stereocenters. The molecule has 0 saturated heterocycles. The van der Waals surface area contributed by atoms with Crippen LogP contribution in [-0.2, 0) is 0 Å². The highest BCUT2D eigenvalue weighted by atomic mass is 16.5. The van der Waals surface area contributed by atoms with Crippen LogP contribution in [0.2, 0.25) is 0 Å². The number of rotatable bonds is 5. The molecule has 3 heterocycles. The SMILES string of the molecule is CNc1cc(C)cnc1C(=O)c1c(OC(C)C)cnc2[nH]ccc12. The van der Waals surface area contributed by atoms with Crippen molar-refractivity contribution in [3.8, 4) is 5.75 Å². The fraction of sp³-hybridized carbons (Fsp3) is 0.278. The highest BCUT2D eigenvalue weighted by Crippen LogP contribution is 2.30. The Morgan fingerprint density at radius 3 is 2.79 bits per heavy atom. The molecule has 24 heavy (non-hydrogen) atoms. The molecule has 0 amide bonds. The molecule has 3 aromatic heterocycles. The Kier molecular flexibility index (Phi) is 4.20. The number of hydrogen-bond acceptors (Lipinski definition) is 5. The molecule has 0 unspecified atom stereocenters. The highest BCUT2D eigenvalue weighted by molar-refractivity contribution is 6.18. The lowest BCUT2D eigenvalue weighted by Crippen LogP contribution is -2.14. The van der Waals surface area contributed by atoms with Crippen molar-refractivity contribution < 1.29 is 9.53 Å². The lowest BCUT2D eigenvalue weighted by atomic mass is 10.0. The number of fused-ring (bicyclic) bond motifs is 1. The largest absolute Gasteiger partial charge is 0.489 e. The number of aromatic amines is 1. The molecule has 124 valence electrons. The second kappa shape index (κ2) is 6.31. The molecule has 6 heteroatoms. The van der Waals surface area contributed by atoms with Crippen molar-refractivity contribution >= 4 is 22.5 Å². The Morgan fingerprint density at radius 1 is 1.29 bits per heavy atom. The molecule has 0 saturated carbocycles. The Bertz CT molecular complexity index is 899. The third-order valence-electron chi connectivity index (χ3n) is 3.65. The van der Waals surface area contributed by atoms with Crippen LogP contribution in [0.4, 0.5) is 5.69 Å². The van der Waals surface area contributed by atoms with Gasteiger partial charge in [-0.1, -0.05) is 0 Å². The smallest absolute Gasteiger partial charge is 0.218 e. The van der Waals surface area contributed by atoms with Gasteiger partial charge in [0.05, 0.1) is 23.6 Å². The number of aromatic nitrogens is 3. The van der Waals surface area contributed by atoms with E-state index in [4.69, 9.17) is 4.74 Å². The zero-order valence-electron chi connectivity index (χ0n) is 14.2. The van der Waals surface area contributed by atoms with Gasteiger partial charge in [-0.15, -0.1) is 0 Å². The molecule has 0 radical (unpaired) electrons. The van der Waals surface area contributed by atoms with Crippen molar-refractivity contribution in [2.45, 2.75) is 26.9 Å².